The Bertz CT molecular complexity index is 710. The van der Waals surface area contributed by atoms with Crippen LogP contribution in [0.25, 0.3) is 11.0 Å². The van der Waals surface area contributed by atoms with Crippen molar-refractivity contribution in [3.8, 4) is 0 Å². The monoisotopic (exact) mass is 382 g/mol. The molecule has 126 valence electrons. The first-order valence-electron chi connectivity index (χ1n) is 7.77. The average molecular weight is 383 g/mol. The molecule has 2 aromatic rings. The van der Waals surface area contributed by atoms with Gasteiger partial charge in [0.05, 0.1) is 22.7 Å². The van der Waals surface area contributed by atoms with Gasteiger partial charge in [0.25, 0.3) is 0 Å². The molecule has 1 aromatic heterocycles. The Morgan fingerprint density at radius 1 is 1.43 bits per heavy atom. The lowest BCUT2D eigenvalue weighted by molar-refractivity contribution is -0.234. The van der Waals surface area contributed by atoms with Crippen molar-refractivity contribution in [2.24, 2.45) is 0 Å². The van der Waals surface area contributed by atoms with Gasteiger partial charge >= 0.3 is 0 Å². The zero-order valence-corrected chi connectivity index (χ0v) is 15.2. The standard InChI is InChI=1S/C16H23BrN4O2/c1-16(2,3)23-15(22)20-7-6-11(9-20)21-13-8-10(17)4-5-12(13)19-14(21)18/h4-5,8,11,15,22H,6-7,9H2,1-3H3,(H2,18,19). The van der Waals surface area contributed by atoms with Crippen molar-refractivity contribution < 1.29 is 9.84 Å². The van der Waals surface area contributed by atoms with Gasteiger partial charge in [-0.3, -0.25) is 4.90 Å². The van der Waals surface area contributed by atoms with Crippen LogP contribution in [0.3, 0.4) is 0 Å². The summed E-state index contributed by atoms with van der Waals surface area (Å²) in [5.74, 6) is 0.510. The third kappa shape index (κ3) is 3.52. The van der Waals surface area contributed by atoms with E-state index in [1.54, 1.807) is 0 Å². The molecule has 3 rings (SSSR count). The first-order valence-corrected chi connectivity index (χ1v) is 8.57. The quantitative estimate of drug-likeness (QED) is 0.798. The van der Waals surface area contributed by atoms with Crippen molar-refractivity contribution in [2.45, 2.75) is 45.2 Å². The van der Waals surface area contributed by atoms with Gasteiger partial charge in [0.15, 0.2) is 0 Å². The molecule has 0 bridgehead atoms. The predicted octanol–water partition coefficient (Wildman–Crippen LogP) is 2.72. The van der Waals surface area contributed by atoms with Gasteiger partial charge in [0.2, 0.25) is 12.4 Å². The molecule has 1 aliphatic rings. The average Bonchev–Trinajstić information content (AvgIpc) is 3.00. The number of aliphatic hydroxyl groups excluding tert-OH is 1. The molecule has 2 atom stereocenters. The molecule has 0 spiro atoms. The third-order valence-corrected chi connectivity index (χ3v) is 4.50. The van der Waals surface area contributed by atoms with E-state index in [1.807, 2.05) is 43.9 Å². The van der Waals surface area contributed by atoms with Gasteiger partial charge in [-0.2, -0.15) is 0 Å². The Hall–Kier alpha value is -1.15. The summed E-state index contributed by atoms with van der Waals surface area (Å²) in [7, 11) is 0. The number of rotatable bonds is 3. The molecule has 1 saturated heterocycles. The number of nitrogens with zero attached hydrogens (tertiary/aromatic N) is 3. The molecular formula is C16H23BrN4O2. The van der Waals surface area contributed by atoms with Crippen LogP contribution in [0, 0.1) is 0 Å². The number of anilines is 1. The summed E-state index contributed by atoms with van der Waals surface area (Å²) in [4.78, 5) is 6.37. The molecule has 1 aliphatic heterocycles. The molecule has 7 heteroatoms. The highest BCUT2D eigenvalue weighted by Gasteiger charge is 2.32. The first-order chi connectivity index (χ1) is 10.7. The maximum Gasteiger partial charge on any atom is 0.216 e. The van der Waals surface area contributed by atoms with E-state index in [0.29, 0.717) is 12.5 Å². The summed E-state index contributed by atoms with van der Waals surface area (Å²) < 4.78 is 8.70. The molecule has 2 unspecified atom stereocenters. The summed E-state index contributed by atoms with van der Waals surface area (Å²) in [6.45, 7) is 7.24. The number of hydrogen-bond donors (Lipinski definition) is 2. The largest absolute Gasteiger partial charge is 0.369 e. The minimum absolute atomic E-state index is 0.174. The Morgan fingerprint density at radius 3 is 2.87 bits per heavy atom. The Balaban J connectivity index is 1.82. The lowest BCUT2D eigenvalue weighted by atomic mass is 10.2. The summed E-state index contributed by atoms with van der Waals surface area (Å²) in [6, 6.07) is 6.12. The molecule has 0 saturated carbocycles. The van der Waals surface area contributed by atoms with Gasteiger partial charge in [-0.25, -0.2) is 4.98 Å². The van der Waals surface area contributed by atoms with Gasteiger partial charge in [-0.05, 0) is 45.4 Å². The zero-order chi connectivity index (χ0) is 16.8. The molecule has 1 aromatic carbocycles. The molecule has 1 fully saturated rings. The number of fused-ring (bicyclic) bond motifs is 1. The van der Waals surface area contributed by atoms with Crippen LogP contribution < -0.4 is 5.73 Å². The van der Waals surface area contributed by atoms with Crippen LogP contribution in [-0.2, 0) is 4.74 Å². The highest BCUT2D eigenvalue weighted by atomic mass is 79.9. The van der Waals surface area contributed by atoms with Crippen molar-refractivity contribution in [3.63, 3.8) is 0 Å². The minimum Gasteiger partial charge on any atom is -0.369 e. The van der Waals surface area contributed by atoms with Crippen LogP contribution in [0.15, 0.2) is 22.7 Å². The molecular weight excluding hydrogens is 360 g/mol. The van der Waals surface area contributed by atoms with Crippen molar-refractivity contribution >= 4 is 32.9 Å². The normalized spacial score (nSPS) is 21.2. The van der Waals surface area contributed by atoms with Crippen LogP contribution in [0.2, 0.25) is 0 Å². The van der Waals surface area contributed by atoms with Gasteiger partial charge in [0, 0.05) is 17.6 Å². The van der Waals surface area contributed by atoms with E-state index < -0.39 is 6.41 Å². The number of ether oxygens (including phenoxy) is 1. The second-order valence-electron chi connectivity index (χ2n) is 6.97. The zero-order valence-electron chi connectivity index (χ0n) is 13.7. The van der Waals surface area contributed by atoms with E-state index in [4.69, 9.17) is 10.5 Å². The maximum atomic E-state index is 10.3. The van der Waals surface area contributed by atoms with Gasteiger partial charge in [0.1, 0.15) is 0 Å². The molecule has 23 heavy (non-hydrogen) atoms. The number of nitrogen functional groups attached to an aromatic ring is 1. The second-order valence-corrected chi connectivity index (χ2v) is 7.88. The van der Waals surface area contributed by atoms with Crippen molar-refractivity contribution in [3.05, 3.63) is 22.7 Å². The number of nitrogens with two attached hydrogens (primary N) is 1. The molecule has 6 nitrogen and oxygen atoms in total. The minimum atomic E-state index is -0.900. The topological polar surface area (TPSA) is 76.5 Å². The summed E-state index contributed by atoms with van der Waals surface area (Å²) in [6.07, 6.45) is -0.00466. The highest BCUT2D eigenvalue weighted by Crippen LogP contribution is 2.31. The van der Waals surface area contributed by atoms with Crippen LogP contribution >= 0.6 is 15.9 Å². The fourth-order valence-electron chi connectivity index (χ4n) is 3.04. The molecule has 2 heterocycles. The highest BCUT2D eigenvalue weighted by molar-refractivity contribution is 9.10. The summed E-state index contributed by atoms with van der Waals surface area (Å²) >= 11 is 3.50. The van der Waals surface area contributed by atoms with E-state index in [1.165, 1.54) is 0 Å². The fraction of sp³-hybridized carbons (Fsp3) is 0.562. The smallest absolute Gasteiger partial charge is 0.216 e. The van der Waals surface area contributed by atoms with E-state index in [2.05, 4.69) is 25.5 Å². The van der Waals surface area contributed by atoms with E-state index in [-0.39, 0.29) is 11.6 Å². The Kier molecular flexibility index (Phi) is 4.39. The molecule has 0 aliphatic carbocycles. The lowest BCUT2D eigenvalue weighted by Crippen LogP contribution is -2.40. The number of imidazole rings is 1. The Morgan fingerprint density at radius 2 is 2.17 bits per heavy atom. The summed E-state index contributed by atoms with van der Waals surface area (Å²) in [5.41, 5.74) is 7.64. The van der Waals surface area contributed by atoms with Crippen molar-refractivity contribution in [1.29, 1.82) is 0 Å². The second kappa shape index (κ2) is 6.05. The van der Waals surface area contributed by atoms with Crippen LogP contribution in [0.1, 0.15) is 33.2 Å². The number of hydrogen-bond acceptors (Lipinski definition) is 5. The number of halogens is 1. The van der Waals surface area contributed by atoms with Gasteiger partial charge in [-0.15, -0.1) is 0 Å². The molecule has 0 radical (unpaired) electrons. The molecule has 3 N–H and O–H groups in total. The van der Waals surface area contributed by atoms with Crippen LogP contribution in [-0.4, -0.2) is 44.7 Å². The SMILES string of the molecule is CC(C)(C)OC(O)N1CCC(n2c(N)nc3ccc(Br)cc32)C1. The first kappa shape index (κ1) is 16.7. The summed E-state index contributed by atoms with van der Waals surface area (Å²) in [5, 5.41) is 10.3. The van der Waals surface area contributed by atoms with Crippen molar-refractivity contribution in [1.82, 2.24) is 14.5 Å². The van der Waals surface area contributed by atoms with Crippen molar-refractivity contribution in [2.75, 3.05) is 18.8 Å². The number of aromatic nitrogens is 2. The molecule has 0 amide bonds. The fourth-order valence-corrected chi connectivity index (χ4v) is 3.39. The van der Waals surface area contributed by atoms with Crippen LogP contribution in [0.4, 0.5) is 5.95 Å². The van der Waals surface area contributed by atoms with E-state index in [9.17, 15) is 5.11 Å². The lowest BCUT2D eigenvalue weighted by Gasteiger charge is -2.30. The van der Waals surface area contributed by atoms with E-state index in [0.717, 1.165) is 28.5 Å². The third-order valence-electron chi connectivity index (χ3n) is 4.01. The number of likely N-dealkylation sites (tertiary alicyclic amines) is 1. The van der Waals surface area contributed by atoms with Crippen LogP contribution in [0.5, 0.6) is 0 Å². The number of benzene rings is 1. The van der Waals surface area contributed by atoms with Gasteiger partial charge < -0.3 is 20.1 Å². The maximum absolute atomic E-state index is 10.3. The number of aliphatic hydroxyl groups is 1. The van der Waals surface area contributed by atoms with Gasteiger partial charge in [-0.1, -0.05) is 15.9 Å². The van der Waals surface area contributed by atoms with E-state index >= 15 is 0 Å². The predicted molar refractivity (Wildman–Crippen MR) is 93.9 cm³/mol. The Labute approximate surface area is 144 Å².